The standard InChI is InChI=1S/C20H22F2N2O3/c21-15-3-1-2-14(10-15)12-27-18-5-4-16(11-17(18)22)24-19(25)20(13-23)6-8-26-9-7-20/h1-5,10-11H,6-9,12-13,23H2,(H,24,25). The smallest absolute Gasteiger partial charge is 0.232 e. The van der Waals surface area contributed by atoms with Gasteiger partial charge in [0.2, 0.25) is 5.91 Å². The molecule has 0 spiro atoms. The molecule has 0 bridgehead atoms. The minimum absolute atomic E-state index is 0.0249. The molecule has 27 heavy (non-hydrogen) atoms. The summed E-state index contributed by atoms with van der Waals surface area (Å²) in [4.78, 5) is 12.6. The first kappa shape index (κ1) is 19.3. The number of amides is 1. The summed E-state index contributed by atoms with van der Waals surface area (Å²) in [6, 6.07) is 10.1. The summed E-state index contributed by atoms with van der Waals surface area (Å²) < 4.78 is 38.2. The molecule has 7 heteroatoms. The molecule has 0 saturated carbocycles. The maximum absolute atomic E-state index is 14.3. The summed E-state index contributed by atoms with van der Waals surface area (Å²) in [6.07, 6.45) is 1.07. The number of hydrogen-bond acceptors (Lipinski definition) is 4. The number of nitrogens with one attached hydrogen (secondary N) is 1. The Morgan fingerprint density at radius 1 is 1.19 bits per heavy atom. The number of halogens is 2. The summed E-state index contributed by atoms with van der Waals surface area (Å²) in [6.45, 7) is 1.20. The zero-order valence-corrected chi connectivity index (χ0v) is 14.8. The number of rotatable bonds is 6. The SMILES string of the molecule is NCC1(C(=O)Nc2ccc(OCc3cccc(F)c3)c(F)c2)CCOCC1. The van der Waals surface area contributed by atoms with Crippen LogP contribution in [-0.4, -0.2) is 25.7 Å². The average molecular weight is 376 g/mol. The van der Waals surface area contributed by atoms with Crippen LogP contribution < -0.4 is 15.8 Å². The highest BCUT2D eigenvalue weighted by Gasteiger charge is 2.38. The lowest BCUT2D eigenvalue weighted by Gasteiger charge is -2.34. The van der Waals surface area contributed by atoms with Gasteiger partial charge < -0.3 is 20.5 Å². The second-order valence-electron chi connectivity index (χ2n) is 6.61. The van der Waals surface area contributed by atoms with E-state index in [4.69, 9.17) is 15.2 Å². The molecule has 2 aromatic carbocycles. The summed E-state index contributed by atoms with van der Waals surface area (Å²) >= 11 is 0. The van der Waals surface area contributed by atoms with Gasteiger partial charge >= 0.3 is 0 Å². The van der Waals surface area contributed by atoms with Gasteiger partial charge in [0.15, 0.2) is 11.6 Å². The van der Waals surface area contributed by atoms with E-state index in [9.17, 15) is 13.6 Å². The lowest BCUT2D eigenvalue weighted by molar-refractivity contribution is -0.130. The van der Waals surface area contributed by atoms with Gasteiger partial charge in [0.05, 0.1) is 5.41 Å². The Kier molecular flexibility index (Phi) is 6.03. The maximum atomic E-state index is 14.3. The van der Waals surface area contributed by atoms with Gasteiger partial charge in [-0.25, -0.2) is 8.78 Å². The molecule has 1 saturated heterocycles. The van der Waals surface area contributed by atoms with E-state index in [0.717, 1.165) is 0 Å². The quantitative estimate of drug-likeness (QED) is 0.812. The highest BCUT2D eigenvalue weighted by atomic mass is 19.1. The van der Waals surface area contributed by atoms with Crippen LogP contribution in [0, 0.1) is 17.0 Å². The third-order valence-corrected chi connectivity index (χ3v) is 4.80. The number of carbonyl (C=O) groups is 1. The van der Waals surface area contributed by atoms with Gasteiger partial charge in [-0.1, -0.05) is 12.1 Å². The third-order valence-electron chi connectivity index (χ3n) is 4.80. The maximum Gasteiger partial charge on any atom is 0.232 e. The first-order valence-electron chi connectivity index (χ1n) is 8.78. The molecule has 2 aromatic rings. The molecule has 0 aliphatic carbocycles. The van der Waals surface area contributed by atoms with Gasteiger partial charge in [0.1, 0.15) is 12.4 Å². The number of anilines is 1. The van der Waals surface area contributed by atoms with Crippen molar-refractivity contribution in [2.24, 2.45) is 11.1 Å². The predicted octanol–water partition coefficient (Wildman–Crippen LogP) is 3.24. The summed E-state index contributed by atoms with van der Waals surface area (Å²) in [5, 5.41) is 2.73. The molecule has 1 heterocycles. The first-order chi connectivity index (χ1) is 13.0. The number of nitrogens with two attached hydrogens (primary N) is 1. The molecule has 0 radical (unpaired) electrons. The first-order valence-corrected chi connectivity index (χ1v) is 8.78. The van der Waals surface area contributed by atoms with Crippen molar-refractivity contribution in [1.29, 1.82) is 0 Å². The zero-order valence-electron chi connectivity index (χ0n) is 14.8. The van der Waals surface area contributed by atoms with Crippen LogP contribution in [0.15, 0.2) is 42.5 Å². The summed E-state index contributed by atoms with van der Waals surface area (Å²) in [5.41, 5.74) is 6.04. The minimum Gasteiger partial charge on any atom is -0.486 e. The van der Waals surface area contributed by atoms with Crippen molar-refractivity contribution in [1.82, 2.24) is 0 Å². The molecule has 3 N–H and O–H groups in total. The van der Waals surface area contributed by atoms with Crippen LogP contribution in [0.4, 0.5) is 14.5 Å². The van der Waals surface area contributed by atoms with E-state index >= 15 is 0 Å². The van der Waals surface area contributed by atoms with Crippen molar-refractivity contribution in [3.05, 3.63) is 59.7 Å². The molecule has 0 aromatic heterocycles. The monoisotopic (exact) mass is 376 g/mol. The van der Waals surface area contributed by atoms with Crippen LogP contribution in [0.3, 0.4) is 0 Å². The van der Waals surface area contributed by atoms with Crippen LogP contribution in [-0.2, 0) is 16.1 Å². The van der Waals surface area contributed by atoms with Crippen molar-refractivity contribution in [2.75, 3.05) is 25.1 Å². The fourth-order valence-electron chi connectivity index (χ4n) is 3.03. The molecule has 5 nitrogen and oxygen atoms in total. The van der Waals surface area contributed by atoms with Crippen LogP contribution in [0.25, 0.3) is 0 Å². The lowest BCUT2D eigenvalue weighted by atomic mass is 9.79. The Hall–Kier alpha value is -2.51. The minimum atomic E-state index is -0.693. The Morgan fingerprint density at radius 3 is 2.63 bits per heavy atom. The van der Waals surface area contributed by atoms with E-state index in [1.807, 2.05) is 0 Å². The molecular formula is C20H22F2N2O3. The topological polar surface area (TPSA) is 73.6 Å². The van der Waals surface area contributed by atoms with Crippen molar-refractivity contribution < 1.29 is 23.0 Å². The van der Waals surface area contributed by atoms with Gasteiger partial charge in [-0.3, -0.25) is 4.79 Å². The van der Waals surface area contributed by atoms with Gasteiger partial charge in [-0.15, -0.1) is 0 Å². The van der Waals surface area contributed by atoms with E-state index in [1.54, 1.807) is 18.2 Å². The summed E-state index contributed by atoms with van der Waals surface area (Å²) in [7, 11) is 0. The Balaban J connectivity index is 1.64. The molecule has 1 aliphatic heterocycles. The third kappa shape index (κ3) is 4.61. The molecule has 1 amide bonds. The van der Waals surface area contributed by atoms with Crippen LogP contribution in [0.2, 0.25) is 0 Å². The van der Waals surface area contributed by atoms with Gasteiger partial charge in [0, 0.05) is 31.5 Å². The molecule has 1 fully saturated rings. The van der Waals surface area contributed by atoms with Crippen molar-refractivity contribution in [2.45, 2.75) is 19.4 Å². The average Bonchev–Trinajstić information content (AvgIpc) is 2.68. The second-order valence-corrected chi connectivity index (χ2v) is 6.61. The van der Waals surface area contributed by atoms with Crippen LogP contribution in [0.1, 0.15) is 18.4 Å². The zero-order chi connectivity index (χ0) is 19.3. The number of ether oxygens (including phenoxy) is 2. The Labute approximate surface area is 156 Å². The number of benzene rings is 2. The van der Waals surface area contributed by atoms with Crippen molar-refractivity contribution in [3.8, 4) is 5.75 Å². The fourth-order valence-corrected chi connectivity index (χ4v) is 3.03. The second kappa shape index (κ2) is 8.45. The van der Waals surface area contributed by atoms with E-state index in [-0.39, 0.29) is 30.6 Å². The molecular weight excluding hydrogens is 354 g/mol. The Bertz CT molecular complexity index is 808. The predicted molar refractivity (Wildman–Crippen MR) is 97.3 cm³/mol. The van der Waals surface area contributed by atoms with Gasteiger partial charge in [0.25, 0.3) is 0 Å². The molecule has 0 unspecified atom stereocenters. The fraction of sp³-hybridized carbons (Fsp3) is 0.350. The normalized spacial score (nSPS) is 16.0. The van der Waals surface area contributed by atoms with E-state index in [1.165, 1.54) is 24.3 Å². The van der Waals surface area contributed by atoms with Gasteiger partial charge in [-0.05, 0) is 42.7 Å². The van der Waals surface area contributed by atoms with E-state index in [2.05, 4.69) is 5.32 Å². The number of hydrogen-bond donors (Lipinski definition) is 2. The van der Waals surface area contributed by atoms with Crippen LogP contribution in [0.5, 0.6) is 5.75 Å². The van der Waals surface area contributed by atoms with Crippen LogP contribution >= 0.6 is 0 Å². The largest absolute Gasteiger partial charge is 0.486 e. The molecule has 0 atom stereocenters. The molecule has 1 aliphatic rings. The highest BCUT2D eigenvalue weighted by Crippen LogP contribution is 2.31. The lowest BCUT2D eigenvalue weighted by Crippen LogP contribution is -2.46. The molecule has 3 rings (SSSR count). The Morgan fingerprint density at radius 2 is 1.96 bits per heavy atom. The highest BCUT2D eigenvalue weighted by molar-refractivity contribution is 5.95. The van der Waals surface area contributed by atoms with Gasteiger partial charge in [-0.2, -0.15) is 0 Å². The molecule has 144 valence electrons. The van der Waals surface area contributed by atoms with Crippen molar-refractivity contribution >= 4 is 11.6 Å². The van der Waals surface area contributed by atoms with Crippen molar-refractivity contribution in [3.63, 3.8) is 0 Å². The summed E-state index contributed by atoms with van der Waals surface area (Å²) in [5.74, 6) is -1.20. The van der Waals surface area contributed by atoms with E-state index in [0.29, 0.717) is 37.3 Å². The van der Waals surface area contributed by atoms with E-state index < -0.39 is 11.2 Å². The number of carbonyl (C=O) groups excluding carboxylic acids is 1.